The van der Waals surface area contributed by atoms with Gasteiger partial charge in [0.05, 0.1) is 0 Å². The summed E-state index contributed by atoms with van der Waals surface area (Å²) in [5.74, 6) is 1.00. The van der Waals surface area contributed by atoms with Crippen molar-refractivity contribution in [3.05, 3.63) is 10.4 Å². The van der Waals surface area contributed by atoms with Gasteiger partial charge in [-0.2, -0.15) is 0 Å². The van der Waals surface area contributed by atoms with Crippen LogP contribution in [0.3, 0.4) is 0 Å². The zero-order chi connectivity index (χ0) is 3.86. The smallest absolute Gasteiger partial charge is 0.207 e. The van der Waals surface area contributed by atoms with Crippen LogP contribution >= 0.6 is 15.9 Å². The molecule has 0 saturated carbocycles. The van der Waals surface area contributed by atoms with Crippen LogP contribution in [0.15, 0.2) is 10.4 Å². The lowest BCUT2D eigenvalue weighted by atomic mass is 10.8. The number of allylic oxidation sites excluding steroid dienone is 1. The molecule has 0 atom stereocenters. The average molecular weight is 135 g/mol. The molecule has 0 fully saturated rings. The van der Waals surface area contributed by atoms with Gasteiger partial charge in [-0.3, -0.25) is 0 Å². The van der Waals surface area contributed by atoms with Crippen LogP contribution < -0.4 is 0 Å². The van der Waals surface area contributed by atoms with Gasteiger partial charge in [-0.25, -0.2) is 0 Å². The first kappa shape index (κ1) is 3.22. The highest BCUT2D eigenvalue weighted by Gasteiger charge is 2.13. The zero-order valence-electron chi connectivity index (χ0n) is 2.79. The van der Waals surface area contributed by atoms with Gasteiger partial charge in [0, 0.05) is 0 Å². The van der Waals surface area contributed by atoms with Gasteiger partial charge in [0.1, 0.15) is 0 Å². The molecule has 0 aromatic heterocycles. The monoisotopic (exact) mass is 134 g/mol. The number of hydrogen-bond donors (Lipinski definition) is 0. The number of rotatable bonds is 0. The molecule has 1 aliphatic heterocycles. The Bertz CT molecular complexity index is 74.9. The number of hydrogen-bond acceptors (Lipinski definition) is 1. The molecule has 1 aliphatic rings. The molecule has 1 rings (SSSR count). The van der Waals surface area contributed by atoms with Crippen molar-refractivity contribution in [2.45, 2.75) is 6.92 Å². The minimum atomic E-state index is 0.900. The summed E-state index contributed by atoms with van der Waals surface area (Å²) in [6.45, 7) is 1.91. The first-order valence-electron chi connectivity index (χ1n) is 1.35. The molecule has 5 heavy (non-hydrogen) atoms. The molecule has 0 amide bonds. The SMILES string of the molecule is CC1=C(Br)O1. The summed E-state index contributed by atoms with van der Waals surface area (Å²) < 4.78 is 5.57. The summed E-state index contributed by atoms with van der Waals surface area (Å²) in [6.07, 6.45) is 0. The Labute approximate surface area is 38.8 Å². The van der Waals surface area contributed by atoms with Gasteiger partial charge >= 0.3 is 0 Å². The molecule has 0 spiro atoms. The third-order valence-corrected chi connectivity index (χ3v) is 1.20. The Morgan fingerprint density at radius 3 is 2.00 bits per heavy atom. The van der Waals surface area contributed by atoms with Crippen molar-refractivity contribution in [2.24, 2.45) is 0 Å². The van der Waals surface area contributed by atoms with E-state index in [0.717, 1.165) is 10.4 Å². The summed E-state index contributed by atoms with van der Waals surface area (Å²) in [7, 11) is 0. The van der Waals surface area contributed by atoms with Crippen molar-refractivity contribution >= 4 is 15.9 Å². The predicted molar refractivity (Wildman–Crippen MR) is 22.7 cm³/mol. The number of ether oxygens (including phenoxy) is 1. The molecule has 2 heteroatoms. The van der Waals surface area contributed by atoms with Crippen LogP contribution in [-0.2, 0) is 4.74 Å². The molecule has 0 saturated heterocycles. The van der Waals surface area contributed by atoms with E-state index in [4.69, 9.17) is 0 Å². The van der Waals surface area contributed by atoms with E-state index in [-0.39, 0.29) is 0 Å². The van der Waals surface area contributed by atoms with Gasteiger partial charge in [-0.15, -0.1) is 0 Å². The Morgan fingerprint density at radius 2 is 2.00 bits per heavy atom. The lowest BCUT2D eigenvalue weighted by Gasteiger charge is -1.56. The van der Waals surface area contributed by atoms with Crippen molar-refractivity contribution in [1.82, 2.24) is 0 Å². The van der Waals surface area contributed by atoms with Gasteiger partial charge < -0.3 is 4.74 Å². The summed E-state index contributed by atoms with van der Waals surface area (Å²) in [6, 6.07) is 0. The maximum absolute atomic E-state index is 4.67. The first-order valence-corrected chi connectivity index (χ1v) is 2.14. The molecule has 1 heterocycles. The van der Waals surface area contributed by atoms with E-state index in [1.54, 1.807) is 0 Å². The molecule has 0 radical (unpaired) electrons. The van der Waals surface area contributed by atoms with E-state index in [2.05, 4.69) is 20.7 Å². The standard InChI is InChI=1S/C3H3BrO/c1-2-3(4)5-2/h1H3. The van der Waals surface area contributed by atoms with Crippen molar-refractivity contribution < 1.29 is 4.74 Å². The fourth-order valence-electron chi connectivity index (χ4n) is 0.109. The summed E-state index contributed by atoms with van der Waals surface area (Å²) in [5.41, 5.74) is 0. The topological polar surface area (TPSA) is 12.5 Å². The molecule has 0 aromatic rings. The maximum Gasteiger partial charge on any atom is 0.207 e. The Hall–Kier alpha value is 0.0200. The van der Waals surface area contributed by atoms with E-state index in [1.807, 2.05) is 6.92 Å². The molecule has 0 N–H and O–H groups in total. The van der Waals surface area contributed by atoms with Gasteiger partial charge in [0.25, 0.3) is 0 Å². The van der Waals surface area contributed by atoms with E-state index in [9.17, 15) is 0 Å². The van der Waals surface area contributed by atoms with Crippen LogP contribution in [0.25, 0.3) is 0 Å². The third kappa shape index (κ3) is 0.453. The molecule has 28 valence electrons. The highest BCUT2D eigenvalue weighted by atomic mass is 79.9. The maximum atomic E-state index is 4.67. The van der Waals surface area contributed by atoms with Crippen molar-refractivity contribution in [2.75, 3.05) is 0 Å². The highest BCUT2D eigenvalue weighted by Crippen LogP contribution is 2.29. The van der Waals surface area contributed by atoms with Crippen molar-refractivity contribution in [3.63, 3.8) is 0 Å². The molecule has 0 bridgehead atoms. The first-order chi connectivity index (χ1) is 2.30. The highest BCUT2D eigenvalue weighted by molar-refractivity contribution is 9.11. The zero-order valence-corrected chi connectivity index (χ0v) is 4.37. The largest absolute Gasteiger partial charge is 0.447 e. The Balaban J connectivity index is 2.59. The lowest BCUT2D eigenvalue weighted by molar-refractivity contribution is 0.497. The van der Waals surface area contributed by atoms with Crippen LogP contribution in [0.1, 0.15) is 6.92 Å². The van der Waals surface area contributed by atoms with Crippen molar-refractivity contribution in [3.8, 4) is 0 Å². The van der Waals surface area contributed by atoms with Crippen molar-refractivity contribution in [1.29, 1.82) is 0 Å². The Kier molecular flexibility index (Phi) is 0.479. The van der Waals surface area contributed by atoms with Gasteiger partial charge in [-0.05, 0) is 22.9 Å². The summed E-state index contributed by atoms with van der Waals surface area (Å²) >= 11 is 3.10. The van der Waals surface area contributed by atoms with Crippen LogP contribution in [0.5, 0.6) is 0 Å². The minimum Gasteiger partial charge on any atom is -0.447 e. The minimum absolute atomic E-state index is 0.900. The van der Waals surface area contributed by atoms with Gasteiger partial charge in [0.15, 0.2) is 5.76 Å². The van der Waals surface area contributed by atoms with E-state index >= 15 is 0 Å². The molecule has 0 unspecified atom stereocenters. The summed E-state index contributed by atoms with van der Waals surface area (Å²) in [5, 5.41) is 0. The molecular formula is C3H3BrO. The predicted octanol–water partition coefficient (Wildman–Crippen LogP) is 1.60. The lowest BCUT2D eigenvalue weighted by Crippen LogP contribution is -1.34. The van der Waals surface area contributed by atoms with Crippen LogP contribution in [0.4, 0.5) is 0 Å². The average Bonchev–Trinajstić information content (AvgIpc) is 1.79. The second-order valence-electron chi connectivity index (χ2n) is 0.932. The van der Waals surface area contributed by atoms with E-state index < -0.39 is 0 Å². The fourth-order valence-corrected chi connectivity index (χ4v) is 0.352. The van der Waals surface area contributed by atoms with Crippen LogP contribution in [-0.4, -0.2) is 0 Å². The third-order valence-electron chi connectivity index (χ3n) is 0.478. The summed E-state index contributed by atoms with van der Waals surface area (Å²) in [4.78, 5) is 0. The molecular weight excluding hydrogens is 132 g/mol. The van der Waals surface area contributed by atoms with Gasteiger partial charge in [-0.1, -0.05) is 0 Å². The van der Waals surface area contributed by atoms with Gasteiger partial charge in [0.2, 0.25) is 4.67 Å². The second-order valence-corrected chi connectivity index (χ2v) is 1.65. The quantitative estimate of drug-likeness (QED) is 0.491. The molecule has 0 aromatic carbocycles. The van der Waals surface area contributed by atoms with E-state index in [0.29, 0.717) is 0 Å². The molecule has 0 aliphatic carbocycles. The molecule has 1 nitrogen and oxygen atoms in total. The second kappa shape index (κ2) is 0.744. The van der Waals surface area contributed by atoms with Crippen LogP contribution in [0.2, 0.25) is 0 Å². The Morgan fingerprint density at radius 1 is 1.80 bits per heavy atom. The number of halogens is 1. The fraction of sp³-hybridized carbons (Fsp3) is 0.333. The van der Waals surface area contributed by atoms with Crippen LogP contribution in [0, 0.1) is 0 Å². The van der Waals surface area contributed by atoms with E-state index in [1.165, 1.54) is 0 Å². The normalized spacial score (nSPS) is 18.8.